The maximum Gasteiger partial charge on any atom is 0.241 e. The second-order valence-electron chi connectivity index (χ2n) is 6.88. The number of carbonyl (C=O) groups excluding carboxylic acids is 1. The molecule has 0 spiro atoms. The van der Waals surface area contributed by atoms with E-state index in [4.69, 9.17) is 4.74 Å². The van der Waals surface area contributed by atoms with Crippen molar-refractivity contribution in [1.29, 1.82) is 0 Å². The van der Waals surface area contributed by atoms with Gasteiger partial charge in [0.25, 0.3) is 0 Å². The molecule has 0 aliphatic heterocycles. The van der Waals surface area contributed by atoms with E-state index in [2.05, 4.69) is 26.0 Å². The zero-order valence-electron chi connectivity index (χ0n) is 16.9. The number of halogens is 1. The number of ether oxygens (including phenoxy) is 1. The second-order valence-corrected chi connectivity index (χ2v) is 9.51. The molecule has 6 nitrogen and oxygen atoms in total. The monoisotopic (exact) mass is 502 g/mol. The topological polar surface area (TPSA) is 84.5 Å². The predicted molar refractivity (Wildman–Crippen MR) is 123 cm³/mol. The van der Waals surface area contributed by atoms with E-state index in [0.717, 1.165) is 21.3 Å². The van der Waals surface area contributed by atoms with E-state index >= 15 is 0 Å². The Labute approximate surface area is 190 Å². The number of hydrogen-bond acceptors (Lipinski definition) is 4. The first kappa shape index (κ1) is 23.0. The van der Waals surface area contributed by atoms with Crippen LogP contribution in [-0.2, 0) is 27.8 Å². The molecule has 0 radical (unpaired) electrons. The van der Waals surface area contributed by atoms with Crippen molar-refractivity contribution in [3.05, 3.63) is 94.5 Å². The average molecular weight is 503 g/mol. The van der Waals surface area contributed by atoms with Gasteiger partial charge in [0, 0.05) is 11.0 Å². The molecule has 8 heteroatoms. The maximum absolute atomic E-state index is 12.9. The summed E-state index contributed by atoms with van der Waals surface area (Å²) in [5, 5.41) is 2.83. The van der Waals surface area contributed by atoms with Crippen LogP contribution in [0.3, 0.4) is 0 Å². The normalized spacial score (nSPS) is 12.2. The van der Waals surface area contributed by atoms with Gasteiger partial charge in [0.05, 0.1) is 12.0 Å². The summed E-state index contributed by atoms with van der Waals surface area (Å²) < 4.78 is 34.2. The third kappa shape index (κ3) is 6.65. The van der Waals surface area contributed by atoms with Crippen molar-refractivity contribution in [3.63, 3.8) is 0 Å². The molecule has 0 saturated carbocycles. The number of benzene rings is 3. The number of nitrogens with one attached hydrogen (secondary N) is 2. The minimum atomic E-state index is -3.88. The highest BCUT2D eigenvalue weighted by Gasteiger charge is 2.26. The fourth-order valence-electron chi connectivity index (χ4n) is 2.96. The van der Waals surface area contributed by atoms with Crippen LogP contribution < -0.4 is 14.8 Å². The third-order valence-corrected chi connectivity index (χ3v) is 6.66. The van der Waals surface area contributed by atoms with E-state index in [0.29, 0.717) is 0 Å². The number of rotatable bonds is 9. The molecule has 0 unspecified atom stereocenters. The lowest BCUT2D eigenvalue weighted by Gasteiger charge is -2.19. The molecule has 0 aliphatic rings. The Hall–Kier alpha value is -2.68. The summed E-state index contributed by atoms with van der Waals surface area (Å²) in [5.74, 6) is 0.319. The van der Waals surface area contributed by atoms with Gasteiger partial charge in [-0.05, 0) is 53.9 Å². The zero-order chi connectivity index (χ0) is 22.3. The van der Waals surface area contributed by atoms with Gasteiger partial charge in [-0.2, -0.15) is 4.72 Å². The second kappa shape index (κ2) is 10.6. The van der Waals surface area contributed by atoms with Crippen molar-refractivity contribution in [2.24, 2.45) is 0 Å². The molecule has 3 aromatic rings. The number of methoxy groups -OCH3 is 1. The molecule has 0 saturated heterocycles. The van der Waals surface area contributed by atoms with Crippen molar-refractivity contribution in [3.8, 4) is 5.75 Å². The molecule has 1 amide bonds. The van der Waals surface area contributed by atoms with Crippen LogP contribution in [0.25, 0.3) is 0 Å². The Balaban J connectivity index is 1.76. The molecule has 31 heavy (non-hydrogen) atoms. The predicted octanol–water partition coefficient (Wildman–Crippen LogP) is 3.66. The van der Waals surface area contributed by atoms with E-state index in [-0.39, 0.29) is 17.9 Å². The zero-order valence-corrected chi connectivity index (χ0v) is 19.3. The van der Waals surface area contributed by atoms with Crippen LogP contribution in [0.1, 0.15) is 11.1 Å². The molecule has 1 atom stereocenters. The van der Waals surface area contributed by atoms with Gasteiger partial charge in [0.15, 0.2) is 0 Å². The summed E-state index contributed by atoms with van der Waals surface area (Å²) in [6.45, 7) is 0.272. The summed E-state index contributed by atoms with van der Waals surface area (Å²) in [6, 6.07) is 21.9. The minimum Gasteiger partial charge on any atom is -0.497 e. The van der Waals surface area contributed by atoms with Crippen molar-refractivity contribution >= 4 is 31.9 Å². The fraction of sp³-hybridized carbons (Fsp3) is 0.174. The van der Waals surface area contributed by atoms with Crippen LogP contribution in [-0.4, -0.2) is 27.5 Å². The van der Waals surface area contributed by atoms with Crippen LogP contribution >= 0.6 is 15.9 Å². The number of hydrogen-bond donors (Lipinski definition) is 2. The molecular weight excluding hydrogens is 480 g/mol. The summed E-state index contributed by atoms with van der Waals surface area (Å²) in [5.41, 5.74) is 1.73. The number of sulfonamides is 1. The highest BCUT2D eigenvalue weighted by molar-refractivity contribution is 9.10. The lowest BCUT2D eigenvalue weighted by Crippen LogP contribution is -2.47. The number of carbonyl (C=O) groups is 1. The maximum atomic E-state index is 12.9. The standard InChI is InChI=1S/C23H23BrN2O4S/c1-30-20-11-7-18(8-12-20)16-25-23(27)22(15-17-5-3-2-4-6-17)26-31(28,29)21-13-9-19(24)10-14-21/h2-14,22,26H,15-16H2,1H3,(H,25,27)/t22-/m1/s1. The Bertz CT molecular complexity index is 1100. The smallest absolute Gasteiger partial charge is 0.241 e. The van der Waals surface area contributed by atoms with E-state index < -0.39 is 22.0 Å². The summed E-state index contributed by atoms with van der Waals surface area (Å²) in [6.07, 6.45) is 0.227. The fourth-order valence-corrected chi connectivity index (χ4v) is 4.42. The first-order valence-corrected chi connectivity index (χ1v) is 11.9. The van der Waals surface area contributed by atoms with Crippen molar-refractivity contribution in [2.45, 2.75) is 23.9 Å². The highest BCUT2D eigenvalue weighted by Crippen LogP contribution is 2.16. The van der Waals surface area contributed by atoms with Gasteiger partial charge in [-0.3, -0.25) is 4.79 Å². The van der Waals surface area contributed by atoms with Crippen LogP contribution in [0, 0.1) is 0 Å². The summed E-state index contributed by atoms with van der Waals surface area (Å²) >= 11 is 3.30. The number of amides is 1. The molecule has 3 rings (SSSR count). The molecule has 162 valence electrons. The van der Waals surface area contributed by atoms with Crippen LogP contribution in [0.5, 0.6) is 5.75 Å². The molecule has 0 aromatic heterocycles. The molecule has 0 heterocycles. The molecule has 0 bridgehead atoms. The quantitative estimate of drug-likeness (QED) is 0.467. The van der Waals surface area contributed by atoms with E-state index in [1.54, 1.807) is 31.4 Å². The lowest BCUT2D eigenvalue weighted by atomic mass is 10.1. The Morgan fingerprint density at radius 1 is 0.935 bits per heavy atom. The molecule has 0 aliphatic carbocycles. The van der Waals surface area contributed by atoms with Gasteiger partial charge in [-0.15, -0.1) is 0 Å². The SMILES string of the molecule is COc1ccc(CNC(=O)[C@@H](Cc2ccccc2)NS(=O)(=O)c2ccc(Br)cc2)cc1. The van der Waals surface area contributed by atoms with Gasteiger partial charge in [-0.25, -0.2) is 8.42 Å². The van der Waals surface area contributed by atoms with E-state index in [1.807, 2.05) is 42.5 Å². The first-order valence-electron chi connectivity index (χ1n) is 9.60. The lowest BCUT2D eigenvalue weighted by molar-refractivity contribution is -0.122. The molecular formula is C23H23BrN2O4S. The largest absolute Gasteiger partial charge is 0.497 e. The van der Waals surface area contributed by atoms with Gasteiger partial charge < -0.3 is 10.1 Å². The Morgan fingerprint density at radius 3 is 2.19 bits per heavy atom. The van der Waals surface area contributed by atoms with Gasteiger partial charge >= 0.3 is 0 Å². The van der Waals surface area contributed by atoms with E-state index in [1.165, 1.54) is 12.1 Å². The molecule has 3 aromatic carbocycles. The molecule has 2 N–H and O–H groups in total. The van der Waals surface area contributed by atoms with Gasteiger partial charge in [0.1, 0.15) is 11.8 Å². The summed E-state index contributed by atoms with van der Waals surface area (Å²) in [4.78, 5) is 13.0. The van der Waals surface area contributed by atoms with Crippen LogP contribution in [0.2, 0.25) is 0 Å². The van der Waals surface area contributed by atoms with Crippen LogP contribution in [0.15, 0.2) is 88.2 Å². The van der Waals surface area contributed by atoms with Crippen molar-refractivity contribution < 1.29 is 17.9 Å². The van der Waals surface area contributed by atoms with Crippen molar-refractivity contribution in [1.82, 2.24) is 10.0 Å². The van der Waals surface area contributed by atoms with Gasteiger partial charge in [-0.1, -0.05) is 58.4 Å². The third-order valence-electron chi connectivity index (χ3n) is 4.65. The summed E-state index contributed by atoms with van der Waals surface area (Å²) in [7, 11) is -2.30. The van der Waals surface area contributed by atoms with Gasteiger partial charge in [0.2, 0.25) is 15.9 Å². The minimum absolute atomic E-state index is 0.0942. The van der Waals surface area contributed by atoms with Crippen LogP contribution in [0.4, 0.5) is 0 Å². The Kier molecular flexibility index (Phi) is 7.84. The van der Waals surface area contributed by atoms with E-state index in [9.17, 15) is 13.2 Å². The van der Waals surface area contributed by atoms with Crippen molar-refractivity contribution in [2.75, 3.05) is 7.11 Å². The first-order chi connectivity index (χ1) is 14.9. The average Bonchev–Trinajstić information content (AvgIpc) is 2.78. The Morgan fingerprint density at radius 2 is 1.58 bits per heavy atom. The highest BCUT2D eigenvalue weighted by atomic mass is 79.9. The molecule has 0 fully saturated rings.